The number of nitrogens with zero attached hydrogens (tertiary/aromatic N) is 2. The zero-order valence-corrected chi connectivity index (χ0v) is 11.3. The van der Waals surface area contributed by atoms with Crippen molar-refractivity contribution >= 4 is 12.0 Å². The van der Waals surface area contributed by atoms with E-state index in [1.54, 1.807) is 6.26 Å². The third-order valence-electron chi connectivity index (χ3n) is 4.23. The van der Waals surface area contributed by atoms with Gasteiger partial charge >= 0.3 is 0 Å². The Hall–Kier alpha value is -1.55. The van der Waals surface area contributed by atoms with Crippen LogP contribution in [-0.4, -0.2) is 47.9 Å². The molecule has 3 rings (SSSR count). The molecule has 0 unspecified atom stereocenters. The van der Waals surface area contributed by atoms with Crippen LogP contribution in [0.5, 0.6) is 0 Å². The van der Waals surface area contributed by atoms with Crippen LogP contribution in [0.3, 0.4) is 0 Å². The van der Waals surface area contributed by atoms with Crippen molar-refractivity contribution in [2.75, 3.05) is 20.1 Å². The van der Waals surface area contributed by atoms with E-state index < -0.39 is 0 Å². The molecular formula is C15H20N2O2. The first-order valence-corrected chi connectivity index (χ1v) is 6.94. The SMILES string of the molecule is CN1C[C@@H]2CC[C@H](CC1=O)N2CC=Cc1ccco1. The molecule has 2 saturated heterocycles. The van der Waals surface area contributed by atoms with E-state index in [1.807, 2.05) is 30.2 Å². The Morgan fingerprint density at radius 1 is 1.42 bits per heavy atom. The molecule has 2 aliphatic heterocycles. The standard InChI is InChI=1S/C15H20N2O2/c1-16-11-13-7-6-12(10-15(16)18)17(13)8-2-4-14-5-3-9-19-14/h2-5,9,12-13H,6-8,10-11H2,1H3/t12-,13+/m1/s1. The second-order valence-corrected chi connectivity index (χ2v) is 5.48. The lowest BCUT2D eigenvalue weighted by Crippen LogP contribution is -2.38. The highest BCUT2D eigenvalue weighted by molar-refractivity contribution is 5.77. The van der Waals surface area contributed by atoms with Crippen LogP contribution in [0, 0.1) is 0 Å². The van der Waals surface area contributed by atoms with Crippen molar-refractivity contribution in [1.82, 2.24) is 9.80 Å². The van der Waals surface area contributed by atoms with Gasteiger partial charge in [0, 0.05) is 38.6 Å². The summed E-state index contributed by atoms with van der Waals surface area (Å²) >= 11 is 0. The summed E-state index contributed by atoms with van der Waals surface area (Å²) in [6, 6.07) is 4.78. The van der Waals surface area contributed by atoms with Gasteiger partial charge in [0.15, 0.2) is 0 Å². The van der Waals surface area contributed by atoms with Gasteiger partial charge in [-0.2, -0.15) is 0 Å². The van der Waals surface area contributed by atoms with Crippen molar-refractivity contribution in [3.63, 3.8) is 0 Å². The Bertz CT molecular complexity index is 466. The lowest BCUT2D eigenvalue weighted by molar-refractivity contribution is -0.130. The maximum atomic E-state index is 11.9. The first-order valence-electron chi connectivity index (χ1n) is 6.94. The topological polar surface area (TPSA) is 36.7 Å². The first kappa shape index (κ1) is 12.5. The van der Waals surface area contributed by atoms with Gasteiger partial charge < -0.3 is 9.32 Å². The van der Waals surface area contributed by atoms with Crippen molar-refractivity contribution in [3.8, 4) is 0 Å². The lowest BCUT2D eigenvalue weighted by atomic mass is 10.1. The summed E-state index contributed by atoms with van der Waals surface area (Å²) in [5.74, 6) is 1.17. The number of likely N-dealkylation sites (tertiary alicyclic amines) is 1. The molecule has 0 aliphatic carbocycles. The van der Waals surface area contributed by atoms with Crippen LogP contribution >= 0.6 is 0 Å². The normalized spacial score (nSPS) is 28.3. The van der Waals surface area contributed by atoms with E-state index in [-0.39, 0.29) is 5.91 Å². The van der Waals surface area contributed by atoms with E-state index in [2.05, 4.69) is 11.0 Å². The van der Waals surface area contributed by atoms with Gasteiger partial charge in [0.1, 0.15) is 5.76 Å². The first-order chi connectivity index (χ1) is 9.24. The predicted octanol–water partition coefficient (Wildman–Crippen LogP) is 1.99. The molecule has 2 bridgehead atoms. The highest BCUT2D eigenvalue weighted by atomic mass is 16.3. The fourth-order valence-electron chi connectivity index (χ4n) is 3.18. The van der Waals surface area contributed by atoms with E-state index in [1.165, 1.54) is 6.42 Å². The molecule has 2 fully saturated rings. The number of hydrogen-bond acceptors (Lipinski definition) is 3. The van der Waals surface area contributed by atoms with Crippen molar-refractivity contribution in [2.45, 2.75) is 31.3 Å². The average molecular weight is 260 g/mol. The fraction of sp³-hybridized carbons (Fsp3) is 0.533. The molecule has 102 valence electrons. The molecule has 3 heterocycles. The molecule has 0 aromatic carbocycles. The Kier molecular flexibility index (Phi) is 3.42. The number of furan rings is 1. The third-order valence-corrected chi connectivity index (χ3v) is 4.23. The highest BCUT2D eigenvalue weighted by Gasteiger charge is 2.38. The molecule has 4 nitrogen and oxygen atoms in total. The van der Waals surface area contributed by atoms with Gasteiger partial charge in [0.2, 0.25) is 5.91 Å². The second kappa shape index (κ2) is 5.21. The minimum Gasteiger partial charge on any atom is -0.465 e. The number of amides is 1. The smallest absolute Gasteiger partial charge is 0.223 e. The molecule has 0 saturated carbocycles. The van der Waals surface area contributed by atoms with E-state index in [4.69, 9.17) is 4.42 Å². The molecule has 0 spiro atoms. The zero-order chi connectivity index (χ0) is 13.2. The largest absolute Gasteiger partial charge is 0.465 e. The summed E-state index contributed by atoms with van der Waals surface area (Å²) in [7, 11) is 1.92. The Morgan fingerprint density at radius 3 is 3.05 bits per heavy atom. The summed E-state index contributed by atoms with van der Waals surface area (Å²) in [5, 5.41) is 0. The van der Waals surface area contributed by atoms with E-state index in [0.29, 0.717) is 18.5 Å². The average Bonchev–Trinajstić information content (AvgIpc) is 2.99. The van der Waals surface area contributed by atoms with Gasteiger partial charge in [-0.1, -0.05) is 6.08 Å². The summed E-state index contributed by atoms with van der Waals surface area (Å²) in [4.78, 5) is 16.2. The monoisotopic (exact) mass is 260 g/mol. The van der Waals surface area contributed by atoms with Crippen LogP contribution < -0.4 is 0 Å². The molecular weight excluding hydrogens is 240 g/mol. The number of fused-ring (bicyclic) bond motifs is 2. The Balaban J connectivity index is 1.66. The molecule has 1 aromatic rings. The summed E-state index contributed by atoms with van der Waals surface area (Å²) in [5.41, 5.74) is 0. The highest BCUT2D eigenvalue weighted by Crippen LogP contribution is 2.30. The van der Waals surface area contributed by atoms with Gasteiger partial charge in [-0.3, -0.25) is 9.69 Å². The number of carbonyl (C=O) groups excluding carboxylic acids is 1. The van der Waals surface area contributed by atoms with E-state index in [0.717, 1.165) is 25.3 Å². The molecule has 0 N–H and O–H groups in total. The maximum absolute atomic E-state index is 11.9. The van der Waals surface area contributed by atoms with E-state index >= 15 is 0 Å². The summed E-state index contributed by atoms with van der Waals surface area (Å²) in [6.45, 7) is 1.76. The Morgan fingerprint density at radius 2 is 2.26 bits per heavy atom. The maximum Gasteiger partial charge on any atom is 0.223 e. The second-order valence-electron chi connectivity index (χ2n) is 5.48. The van der Waals surface area contributed by atoms with Crippen molar-refractivity contribution in [1.29, 1.82) is 0 Å². The molecule has 19 heavy (non-hydrogen) atoms. The van der Waals surface area contributed by atoms with Gasteiger partial charge in [-0.25, -0.2) is 0 Å². The minimum absolute atomic E-state index is 0.284. The van der Waals surface area contributed by atoms with Crippen LogP contribution in [0.15, 0.2) is 28.9 Å². The molecule has 0 radical (unpaired) electrons. The van der Waals surface area contributed by atoms with Crippen LogP contribution in [0.1, 0.15) is 25.0 Å². The number of rotatable bonds is 3. The van der Waals surface area contributed by atoms with Crippen molar-refractivity contribution in [3.05, 3.63) is 30.2 Å². The van der Waals surface area contributed by atoms with Gasteiger partial charge in [0.05, 0.1) is 6.26 Å². The minimum atomic E-state index is 0.284. The van der Waals surface area contributed by atoms with Gasteiger partial charge in [-0.15, -0.1) is 0 Å². The predicted molar refractivity (Wildman–Crippen MR) is 73.5 cm³/mol. The molecule has 1 aromatic heterocycles. The van der Waals surface area contributed by atoms with Crippen LogP contribution in [0.4, 0.5) is 0 Å². The lowest BCUT2D eigenvalue weighted by Gasteiger charge is -2.26. The van der Waals surface area contributed by atoms with Crippen molar-refractivity contribution in [2.24, 2.45) is 0 Å². The molecule has 2 atom stereocenters. The van der Waals surface area contributed by atoms with Gasteiger partial charge in [-0.05, 0) is 31.1 Å². The quantitative estimate of drug-likeness (QED) is 0.834. The molecule has 2 aliphatic rings. The molecule has 1 amide bonds. The molecule has 4 heteroatoms. The number of likely N-dealkylation sites (N-methyl/N-ethyl adjacent to an activating group) is 1. The summed E-state index contributed by atoms with van der Waals surface area (Å²) in [6.07, 6.45) is 8.86. The summed E-state index contributed by atoms with van der Waals surface area (Å²) < 4.78 is 5.28. The van der Waals surface area contributed by atoms with Crippen LogP contribution in [-0.2, 0) is 4.79 Å². The number of carbonyl (C=O) groups is 1. The van der Waals surface area contributed by atoms with Crippen LogP contribution in [0.25, 0.3) is 6.08 Å². The van der Waals surface area contributed by atoms with Crippen LogP contribution in [0.2, 0.25) is 0 Å². The van der Waals surface area contributed by atoms with Crippen molar-refractivity contribution < 1.29 is 9.21 Å². The Labute approximate surface area is 113 Å². The third kappa shape index (κ3) is 2.59. The van der Waals surface area contributed by atoms with Gasteiger partial charge in [0.25, 0.3) is 0 Å². The zero-order valence-electron chi connectivity index (χ0n) is 11.3. The van der Waals surface area contributed by atoms with E-state index in [9.17, 15) is 4.79 Å². The fourth-order valence-corrected chi connectivity index (χ4v) is 3.18. The number of hydrogen-bond donors (Lipinski definition) is 0.